The van der Waals surface area contributed by atoms with Crippen LogP contribution in [0, 0.1) is 5.82 Å². The maximum atomic E-state index is 14.2. The Bertz CT molecular complexity index is 1160. The summed E-state index contributed by atoms with van der Waals surface area (Å²) < 4.78 is 58.2. The lowest BCUT2D eigenvalue weighted by Gasteiger charge is -2.16. The maximum absolute atomic E-state index is 14.2. The summed E-state index contributed by atoms with van der Waals surface area (Å²) in [6, 6.07) is 9.22. The minimum Gasteiger partial charge on any atom is -0.497 e. The Morgan fingerprint density at radius 1 is 1.10 bits per heavy atom. The molecule has 0 saturated heterocycles. The van der Waals surface area contributed by atoms with Gasteiger partial charge in [-0.05, 0) is 55.5 Å². The van der Waals surface area contributed by atoms with E-state index in [9.17, 15) is 27.2 Å². The number of ether oxygens (including phenoxy) is 1. The van der Waals surface area contributed by atoms with Crippen molar-refractivity contribution in [2.75, 3.05) is 12.4 Å². The van der Waals surface area contributed by atoms with E-state index in [4.69, 9.17) is 4.74 Å². The zero-order chi connectivity index (χ0) is 22.8. The molecule has 10 heteroatoms. The van der Waals surface area contributed by atoms with E-state index in [-0.39, 0.29) is 16.9 Å². The van der Waals surface area contributed by atoms with E-state index in [0.29, 0.717) is 5.75 Å². The molecule has 1 aromatic heterocycles. The normalized spacial score (nSPS) is 12.3. The summed E-state index contributed by atoms with van der Waals surface area (Å²) in [5.74, 6) is -0.901. The molecule has 0 spiro atoms. The lowest BCUT2D eigenvalue weighted by molar-refractivity contribution is -0.137. The minimum atomic E-state index is -4.50. The predicted molar refractivity (Wildman–Crippen MR) is 105 cm³/mol. The van der Waals surface area contributed by atoms with Crippen molar-refractivity contribution >= 4 is 11.6 Å². The van der Waals surface area contributed by atoms with Gasteiger partial charge in [-0.2, -0.15) is 18.3 Å². The van der Waals surface area contributed by atoms with Crippen molar-refractivity contribution in [1.29, 1.82) is 0 Å². The van der Waals surface area contributed by atoms with Crippen LogP contribution in [0.15, 0.2) is 59.4 Å². The third kappa shape index (κ3) is 4.90. The van der Waals surface area contributed by atoms with Gasteiger partial charge < -0.3 is 10.1 Å². The fourth-order valence-electron chi connectivity index (χ4n) is 2.77. The number of halogens is 4. The number of benzene rings is 2. The van der Waals surface area contributed by atoms with Crippen molar-refractivity contribution in [3.63, 3.8) is 0 Å². The second-order valence-corrected chi connectivity index (χ2v) is 6.59. The van der Waals surface area contributed by atoms with E-state index < -0.39 is 35.1 Å². The molecule has 1 heterocycles. The van der Waals surface area contributed by atoms with E-state index in [2.05, 4.69) is 10.4 Å². The standard InChI is InChI=1S/C21H17F4N3O3/c1-12(20(30)26-14-5-3-13(4-6-14)21(23,24)25)28-19(29)10-9-18(27-28)16-11-15(31-2)7-8-17(16)22/h3-12H,1-2H3,(H,26,30). The molecule has 3 aromatic rings. The third-order valence-electron chi connectivity index (χ3n) is 4.50. The average Bonchev–Trinajstić information content (AvgIpc) is 2.74. The largest absolute Gasteiger partial charge is 0.497 e. The number of nitrogens with zero attached hydrogens (tertiary/aromatic N) is 2. The number of carbonyl (C=O) groups is 1. The number of carbonyl (C=O) groups excluding carboxylic acids is 1. The van der Waals surface area contributed by atoms with E-state index in [1.807, 2.05) is 0 Å². The number of nitrogens with one attached hydrogen (secondary N) is 1. The van der Waals surface area contributed by atoms with Gasteiger partial charge in [0.05, 0.1) is 18.4 Å². The highest BCUT2D eigenvalue weighted by Crippen LogP contribution is 2.30. The molecule has 2 aromatic carbocycles. The number of anilines is 1. The number of alkyl halides is 3. The molecule has 31 heavy (non-hydrogen) atoms. The first kappa shape index (κ1) is 22.0. The van der Waals surface area contributed by atoms with Gasteiger partial charge in [0.2, 0.25) is 5.91 Å². The second-order valence-electron chi connectivity index (χ2n) is 6.59. The Labute approximate surface area is 174 Å². The van der Waals surface area contributed by atoms with Gasteiger partial charge in [-0.1, -0.05) is 0 Å². The number of aromatic nitrogens is 2. The summed E-state index contributed by atoms with van der Waals surface area (Å²) >= 11 is 0. The van der Waals surface area contributed by atoms with Crippen LogP contribution in [0.3, 0.4) is 0 Å². The van der Waals surface area contributed by atoms with Crippen LogP contribution >= 0.6 is 0 Å². The van der Waals surface area contributed by atoms with E-state index in [0.717, 1.165) is 35.0 Å². The molecule has 1 N–H and O–H groups in total. The first-order valence-corrected chi connectivity index (χ1v) is 9.02. The van der Waals surface area contributed by atoms with Gasteiger partial charge in [0.25, 0.3) is 5.56 Å². The Kier molecular flexibility index (Phi) is 6.09. The summed E-state index contributed by atoms with van der Waals surface area (Å²) in [6.45, 7) is 1.39. The van der Waals surface area contributed by atoms with Crippen LogP contribution in [0.25, 0.3) is 11.3 Å². The number of rotatable bonds is 5. The molecule has 1 amide bonds. The predicted octanol–water partition coefficient (Wildman–Crippen LogP) is 4.28. The molecule has 0 bridgehead atoms. The monoisotopic (exact) mass is 435 g/mol. The topological polar surface area (TPSA) is 73.2 Å². The molecule has 0 aliphatic rings. The Balaban J connectivity index is 1.86. The molecule has 0 aliphatic heterocycles. The van der Waals surface area contributed by atoms with Gasteiger partial charge in [0.15, 0.2) is 0 Å². The molecular formula is C21H17F4N3O3. The van der Waals surface area contributed by atoms with Gasteiger partial charge >= 0.3 is 6.18 Å². The van der Waals surface area contributed by atoms with Gasteiger partial charge in [-0.15, -0.1) is 0 Å². The maximum Gasteiger partial charge on any atom is 0.416 e. The molecule has 162 valence electrons. The molecule has 0 saturated carbocycles. The number of hydrogen-bond donors (Lipinski definition) is 1. The zero-order valence-corrected chi connectivity index (χ0v) is 16.4. The summed E-state index contributed by atoms with van der Waals surface area (Å²) in [4.78, 5) is 24.8. The Hall–Kier alpha value is -3.69. The Morgan fingerprint density at radius 2 is 1.77 bits per heavy atom. The second kappa shape index (κ2) is 8.58. The van der Waals surface area contributed by atoms with Crippen molar-refractivity contribution in [3.05, 3.63) is 76.3 Å². The fraction of sp³-hybridized carbons (Fsp3) is 0.190. The van der Waals surface area contributed by atoms with Crippen LogP contribution in [0.2, 0.25) is 0 Å². The van der Waals surface area contributed by atoms with Crippen LogP contribution in [0.1, 0.15) is 18.5 Å². The molecule has 1 atom stereocenters. The van der Waals surface area contributed by atoms with E-state index >= 15 is 0 Å². The van der Waals surface area contributed by atoms with Gasteiger partial charge in [-0.25, -0.2) is 9.07 Å². The Morgan fingerprint density at radius 3 is 2.39 bits per heavy atom. The van der Waals surface area contributed by atoms with Crippen LogP contribution in [-0.4, -0.2) is 22.8 Å². The van der Waals surface area contributed by atoms with Gasteiger partial charge in [0, 0.05) is 17.3 Å². The quantitative estimate of drug-likeness (QED) is 0.608. The number of methoxy groups -OCH3 is 1. The van der Waals surface area contributed by atoms with E-state index in [1.165, 1.54) is 38.3 Å². The molecule has 1 unspecified atom stereocenters. The zero-order valence-electron chi connectivity index (χ0n) is 16.4. The van der Waals surface area contributed by atoms with Crippen molar-refractivity contribution in [3.8, 4) is 17.0 Å². The summed E-state index contributed by atoms with van der Waals surface area (Å²) in [7, 11) is 1.42. The first-order chi connectivity index (χ1) is 14.6. The summed E-state index contributed by atoms with van der Waals surface area (Å²) in [6.07, 6.45) is -4.50. The van der Waals surface area contributed by atoms with E-state index in [1.54, 1.807) is 0 Å². The molecule has 0 aliphatic carbocycles. The SMILES string of the molecule is COc1ccc(F)c(-c2ccc(=O)n(C(C)C(=O)Nc3ccc(C(F)(F)F)cc3)n2)c1. The molecular weight excluding hydrogens is 418 g/mol. The van der Waals surface area contributed by atoms with Crippen LogP contribution in [-0.2, 0) is 11.0 Å². The smallest absolute Gasteiger partial charge is 0.416 e. The summed E-state index contributed by atoms with van der Waals surface area (Å²) in [5.41, 5.74) is -1.17. The summed E-state index contributed by atoms with van der Waals surface area (Å²) in [5, 5.41) is 6.52. The van der Waals surface area contributed by atoms with Crippen LogP contribution in [0.4, 0.5) is 23.2 Å². The number of hydrogen-bond acceptors (Lipinski definition) is 4. The average molecular weight is 435 g/mol. The minimum absolute atomic E-state index is 0.0726. The molecule has 0 radical (unpaired) electrons. The van der Waals surface area contributed by atoms with Crippen molar-refractivity contribution in [2.24, 2.45) is 0 Å². The van der Waals surface area contributed by atoms with Crippen molar-refractivity contribution in [2.45, 2.75) is 19.1 Å². The van der Waals surface area contributed by atoms with Crippen LogP contribution < -0.4 is 15.6 Å². The van der Waals surface area contributed by atoms with Gasteiger partial charge in [0.1, 0.15) is 17.6 Å². The molecule has 3 rings (SSSR count). The van der Waals surface area contributed by atoms with Crippen LogP contribution in [0.5, 0.6) is 5.75 Å². The third-order valence-corrected chi connectivity index (χ3v) is 4.50. The highest BCUT2D eigenvalue weighted by molar-refractivity contribution is 5.93. The van der Waals surface area contributed by atoms with Crippen molar-refractivity contribution in [1.82, 2.24) is 9.78 Å². The first-order valence-electron chi connectivity index (χ1n) is 9.02. The van der Waals surface area contributed by atoms with Gasteiger partial charge in [-0.3, -0.25) is 9.59 Å². The lowest BCUT2D eigenvalue weighted by Crippen LogP contribution is -2.33. The number of amides is 1. The lowest BCUT2D eigenvalue weighted by atomic mass is 10.1. The molecule has 6 nitrogen and oxygen atoms in total. The fourth-order valence-corrected chi connectivity index (χ4v) is 2.77. The molecule has 0 fully saturated rings. The highest BCUT2D eigenvalue weighted by Gasteiger charge is 2.30. The highest BCUT2D eigenvalue weighted by atomic mass is 19.4. The van der Waals surface area contributed by atoms with Crippen molar-refractivity contribution < 1.29 is 27.1 Å².